The number of alkyl halides is 3. The van der Waals surface area contributed by atoms with Gasteiger partial charge in [0.25, 0.3) is 0 Å². The second-order valence-corrected chi connectivity index (χ2v) is 4.73. The number of rotatable bonds is 5. The first kappa shape index (κ1) is 13.9. The highest BCUT2D eigenvalue weighted by atomic mass is 19.4. The van der Waals surface area contributed by atoms with Gasteiger partial charge < -0.3 is 14.5 Å². The maximum absolute atomic E-state index is 12.1. The first-order valence-corrected chi connectivity index (χ1v) is 6.41. The van der Waals surface area contributed by atoms with Gasteiger partial charge in [-0.15, -0.1) is 23.4 Å². The highest BCUT2D eigenvalue weighted by Crippen LogP contribution is 2.26. The number of halogens is 3. The summed E-state index contributed by atoms with van der Waals surface area (Å²) in [5.74, 6) is 0.426. The average molecular weight is 299 g/mol. The molecule has 1 fully saturated rings. The Kier molecular flexibility index (Phi) is 3.54. The van der Waals surface area contributed by atoms with E-state index in [-0.39, 0.29) is 11.6 Å². The van der Waals surface area contributed by atoms with Crippen molar-refractivity contribution >= 4 is 0 Å². The Morgan fingerprint density at radius 3 is 2.52 bits per heavy atom. The zero-order chi connectivity index (χ0) is 14.9. The van der Waals surface area contributed by atoms with Gasteiger partial charge in [0.1, 0.15) is 5.75 Å². The van der Waals surface area contributed by atoms with E-state index in [0.29, 0.717) is 24.0 Å². The fourth-order valence-corrected chi connectivity index (χ4v) is 1.76. The van der Waals surface area contributed by atoms with Crippen molar-refractivity contribution in [2.45, 2.75) is 31.8 Å². The minimum absolute atomic E-state index is 0.265. The third-order valence-electron chi connectivity index (χ3n) is 2.92. The van der Waals surface area contributed by atoms with Crippen LogP contribution in [0.25, 0.3) is 11.5 Å². The Hall–Kier alpha value is -2.09. The maximum atomic E-state index is 12.1. The van der Waals surface area contributed by atoms with Crippen molar-refractivity contribution in [3.63, 3.8) is 0 Å². The van der Waals surface area contributed by atoms with Gasteiger partial charge in [-0.3, -0.25) is 0 Å². The van der Waals surface area contributed by atoms with Crippen LogP contribution in [0.5, 0.6) is 5.75 Å². The number of hydrogen-bond donors (Lipinski definition) is 1. The molecule has 0 amide bonds. The van der Waals surface area contributed by atoms with E-state index in [0.717, 1.165) is 12.8 Å². The Bertz CT molecular complexity index is 606. The van der Waals surface area contributed by atoms with E-state index in [1.807, 2.05) is 0 Å². The van der Waals surface area contributed by atoms with E-state index in [4.69, 9.17) is 4.42 Å². The number of benzene rings is 1. The van der Waals surface area contributed by atoms with Gasteiger partial charge in [-0.1, -0.05) is 0 Å². The summed E-state index contributed by atoms with van der Waals surface area (Å²) in [5, 5.41) is 11.0. The fourth-order valence-electron chi connectivity index (χ4n) is 1.76. The Morgan fingerprint density at radius 1 is 1.19 bits per heavy atom. The van der Waals surface area contributed by atoms with E-state index < -0.39 is 6.36 Å². The topological polar surface area (TPSA) is 60.2 Å². The average Bonchev–Trinajstić information content (AvgIpc) is 3.13. The lowest BCUT2D eigenvalue weighted by atomic mass is 10.2. The van der Waals surface area contributed by atoms with Crippen LogP contribution in [0.4, 0.5) is 13.2 Å². The van der Waals surface area contributed by atoms with Crippen molar-refractivity contribution in [1.82, 2.24) is 15.5 Å². The van der Waals surface area contributed by atoms with Gasteiger partial charge in [-0.25, -0.2) is 0 Å². The van der Waals surface area contributed by atoms with Crippen LogP contribution in [0.3, 0.4) is 0 Å². The van der Waals surface area contributed by atoms with Crippen molar-refractivity contribution in [3.05, 3.63) is 30.2 Å². The minimum Gasteiger partial charge on any atom is -0.419 e. The SMILES string of the molecule is FC(F)(F)Oc1ccc(-c2nnc(CNC3CC3)o2)cc1. The zero-order valence-electron chi connectivity index (χ0n) is 10.9. The standard InChI is InChI=1S/C13H12F3N3O2/c14-13(15,16)21-10-5-1-8(2-6-10)12-19-18-11(20-12)7-17-9-3-4-9/h1-2,5-6,9,17H,3-4,7H2. The van der Waals surface area contributed by atoms with Crippen molar-refractivity contribution in [2.24, 2.45) is 0 Å². The molecule has 0 aliphatic heterocycles. The number of ether oxygens (including phenoxy) is 1. The molecule has 1 aromatic carbocycles. The summed E-state index contributed by atoms with van der Waals surface area (Å²) in [6, 6.07) is 5.81. The normalized spacial score (nSPS) is 15.2. The van der Waals surface area contributed by atoms with Crippen molar-refractivity contribution < 1.29 is 22.3 Å². The van der Waals surface area contributed by atoms with Gasteiger partial charge in [-0.05, 0) is 37.1 Å². The molecule has 112 valence electrons. The lowest BCUT2D eigenvalue weighted by molar-refractivity contribution is -0.274. The maximum Gasteiger partial charge on any atom is 0.573 e. The second-order valence-electron chi connectivity index (χ2n) is 4.73. The molecule has 0 saturated heterocycles. The highest BCUT2D eigenvalue weighted by molar-refractivity contribution is 5.53. The van der Waals surface area contributed by atoms with E-state index in [9.17, 15) is 13.2 Å². The molecule has 21 heavy (non-hydrogen) atoms. The summed E-state index contributed by atoms with van der Waals surface area (Å²) in [6.45, 7) is 0.493. The van der Waals surface area contributed by atoms with Gasteiger partial charge in [0.05, 0.1) is 6.54 Å². The predicted octanol–water partition coefficient (Wildman–Crippen LogP) is 2.89. The number of nitrogens with zero attached hydrogens (tertiary/aromatic N) is 2. The molecule has 0 bridgehead atoms. The van der Waals surface area contributed by atoms with E-state index in [2.05, 4.69) is 20.3 Å². The van der Waals surface area contributed by atoms with E-state index in [1.165, 1.54) is 24.3 Å². The first-order chi connectivity index (χ1) is 9.99. The molecule has 0 unspecified atom stereocenters. The quantitative estimate of drug-likeness (QED) is 0.920. The summed E-state index contributed by atoms with van der Waals surface area (Å²) in [7, 11) is 0. The lowest BCUT2D eigenvalue weighted by Gasteiger charge is -2.08. The van der Waals surface area contributed by atoms with Crippen molar-refractivity contribution in [2.75, 3.05) is 0 Å². The van der Waals surface area contributed by atoms with Crippen molar-refractivity contribution in [1.29, 1.82) is 0 Å². The molecule has 0 atom stereocenters. The number of aromatic nitrogens is 2. The predicted molar refractivity (Wildman–Crippen MR) is 66.3 cm³/mol. The summed E-state index contributed by atoms with van der Waals surface area (Å²) in [4.78, 5) is 0. The first-order valence-electron chi connectivity index (χ1n) is 6.41. The van der Waals surface area contributed by atoms with Crippen LogP contribution in [-0.2, 0) is 6.54 Å². The Balaban J connectivity index is 1.65. The number of nitrogens with one attached hydrogen (secondary N) is 1. The molecule has 5 nitrogen and oxygen atoms in total. The molecule has 1 aliphatic carbocycles. The molecule has 1 aliphatic rings. The van der Waals surface area contributed by atoms with Crippen LogP contribution in [0.1, 0.15) is 18.7 Å². The number of hydrogen-bond acceptors (Lipinski definition) is 5. The van der Waals surface area contributed by atoms with Crippen LogP contribution in [0.2, 0.25) is 0 Å². The molecule has 0 spiro atoms. The van der Waals surface area contributed by atoms with Gasteiger partial charge in [0, 0.05) is 11.6 Å². The summed E-state index contributed by atoms with van der Waals surface area (Å²) in [6.07, 6.45) is -2.39. The zero-order valence-corrected chi connectivity index (χ0v) is 10.9. The van der Waals surface area contributed by atoms with Gasteiger partial charge >= 0.3 is 6.36 Å². The van der Waals surface area contributed by atoms with Gasteiger partial charge in [-0.2, -0.15) is 0 Å². The molecule has 8 heteroatoms. The Labute approximate surface area is 118 Å². The molecular formula is C13H12F3N3O2. The fraction of sp³-hybridized carbons (Fsp3) is 0.385. The molecule has 2 aromatic rings. The lowest BCUT2D eigenvalue weighted by Crippen LogP contribution is -2.16. The van der Waals surface area contributed by atoms with Crippen molar-refractivity contribution in [3.8, 4) is 17.2 Å². The highest BCUT2D eigenvalue weighted by Gasteiger charge is 2.31. The van der Waals surface area contributed by atoms with E-state index >= 15 is 0 Å². The van der Waals surface area contributed by atoms with Gasteiger partial charge in [0.2, 0.25) is 11.8 Å². The largest absolute Gasteiger partial charge is 0.573 e. The van der Waals surface area contributed by atoms with Crippen LogP contribution < -0.4 is 10.1 Å². The molecule has 0 radical (unpaired) electrons. The molecular weight excluding hydrogens is 287 g/mol. The molecule has 1 heterocycles. The summed E-state index contributed by atoms with van der Waals surface area (Å²) in [5.41, 5.74) is 0.537. The molecule has 1 N–H and O–H groups in total. The third-order valence-corrected chi connectivity index (χ3v) is 2.92. The molecule has 1 saturated carbocycles. The van der Waals surface area contributed by atoms with Crippen LogP contribution >= 0.6 is 0 Å². The minimum atomic E-state index is -4.70. The van der Waals surface area contributed by atoms with Gasteiger partial charge in [0.15, 0.2) is 0 Å². The smallest absolute Gasteiger partial charge is 0.419 e. The summed E-state index contributed by atoms with van der Waals surface area (Å²) >= 11 is 0. The Morgan fingerprint density at radius 2 is 1.90 bits per heavy atom. The van der Waals surface area contributed by atoms with Crippen LogP contribution in [0, 0.1) is 0 Å². The molecule has 3 rings (SSSR count). The second kappa shape index (κ2) is 5.36. The van der Waals surface area contributed by atoms with Crippen LogP contribution in [-0.4, -0.2) is 22.6 Å². The third kappa shape index (κ3) is 3.94. The summed E-state index contributed by atoms with van der Waals surface area (Å²) < 4.78 is 45.4. The van der Waals surface area contributed by atoms with E-state index in [1.54, 1.807) is 0 Å². The molecule has 1 aromatic heterocycles. The van der Waals surface area contributed by atoms with Crippen LogP contribution in [0.15, 0.2) is 28.7 Å². The monoisotopic (exact) mass is 299 g/mol.